The summed E-state index contributed by atoms with van der Waals surface area (Å²) in [6, 6.07) is 8.76. The lowest BCUT2D eigenvalue weighted by Gasteiger charge is -2.16. The number of hydrogen-bond acceptors (Lipinski definition) is 3. The van der Waals surface area contributed by atoms with E-state index in [0.29, 0.717) is 13.2 Å². The average Bonchev–Trinajstić information content (AvgIpc) is 2.29. The second kappa shape index (κ2) is 6.81. The van der Waals surface area contributed by atoms with Crippen LogP contribution in [0.1, 0.15) is 0 Å². The minimum Gasteiger partial charge on any atom is -0.383 e. The highest BCUT2D eigenvalue weighted by Gasteiger charge is 2.09. The fraction of sp³-hybridized carbons (Fsp3) is 0.364. The van der Waals surface area contributed by atoms with E-state index in [1.807, 2.05) is 30.3 Å². The van der Waals surface area contributed by atoms with Crippen molar-refractivity contribution < 1.29 is 9.53 Å². The number of nitrogens with one attached hydrogen (secondary N) is 2. The highest BCUT2D eigenvalue weighted by atomic mass is 16.5. The number of anilines is 1. The number of para-hydroxylation sites is 1. The molecule has 1 aromatic carbocycles. The Labute approximate surface area is 95.0 Å². The predicted molar refractivity (Wildman–Crippen MR) is 63.3 cm³/mol. The van der Waals surface area contributed by atoms with Gasteiger partial charge in [-0.2, -0.15) is 0 Å². The molecule has 16 heavy (non-hydrogen) atoms. The summed E-state index contributed by atoms with van der Waals surface area (Å²) >= 11 is 0. The third-order valence-electron chi connectivity index (χ3n) is 2.02. The molecule has 0 spiro atoms. The van der Waals surface area contributed by atoms with Crippen molar-refractivity contribution in [2.45, 2.75) is 6.04 Å². The van der Waals surface area contributed by atoms with Crippen LogP contribution in [0.3, 0.4) is 0 Å². The second-order valence-corrected chi connectivity index (χ2v) is 3.35. The monoisotopic (exact) mass is 223 g/mol. The normalized spacial score (nSPS) is 11.9. The minimum absolute atomic E-state index is 0.172. The maximum atomic E-state index is 11.5. The fourth-order valence-electron chi connectivity index (χ4n) is 1.24. The molecule has 1 atom stereocenters. The summed E-state index contributed by atoms with van der Waals surface area (Å²) < 4.78 is 4.92. The number of nitrogens with two attached hydrogens (primary N) is 1. The fourth-order valence-corrected chi connectivity index (χ4v) is 1.24. The van der Waals surface area contributed by atoms with E-state index in [1.54, 1.807) is 7.11 Å². The van der Waals surface area contributed by atoms with E-state index < -0.39 is 0 Å². The van der Waals surface area contributed by atoms with Crippen LogP contribution in [0.15, 0.2) is 30.3 Å². The Morgan fingerprint density at radius 3 is 2.69 bits per heavy atom. The van der Waals surface area contributed by atoms with E-state index in [-0.39, 0.29) is 12.1 Å². The Kier molecular flexibility index (Phi) is 5.31. The van der Waals surface area contributed by atoms with Crippen molar-refractivity contribution in [1.82, 2.24) is 5.32 Å². The van der Waals surface area contributed by atoms with Gasteiger partial charge in [0.05, 0.1) is 12.6 Å². The van der Waals surface area contributed by atoms with Gasteiger partial charge in [0, 0.05) is 19.3 Å². The molecular weight excluding hydrogens is 206 g/mol. The molecule has 0 fully saturated rings. The third-order valence-corrected chi connectivity index (χ3v) is 2.02. The molecule has 1 rings (SSSR count). The van der Waals surface area contributed by atoms with Crippen LogP contribution in [-0.4, -0.2) is 32.3 Å². The number of urea groups is 1. The van der Waals surface area contributed by atoms with Crippen LogP contribution in [0.5, 0.6) is 0 Å². The first-order chi connectivity index (χ1) is 7.76. The molecule has 0 aliphatic rings. The number of carbonyl (C=O) groups is 1. The van der Waals surface area contributed by atoms with Gasteiger partial charge in [0.2, 0.25) is 0 Å². The van der Waals surface area contributed by atoms with Crippen LogP contribution >= 0.6 is 0 Å². The highest BCUT2D eigenvalue weighted by molar-refractivity contribution is 5.89. The summed E-state index contributed by atoms with van der Waals surface area (Å²) in [6.45, 7) is 0.745. The number of rotatable bonds is 5. The third kappa shape index (κ3) is 4.29. The van der Waals surface area contributed by atoms with Gasteiger partial charge in [0.1, 0.15) is 0 Å². The molecule has 0 aliphatic heterocycles. The van der Waals surface area contributed by atoms with Gasteiger partial charge in [-0.15, -0.1) is 0 Å². The first-order valence-electron chi connectivity index (χ1n) is 5.08. The Balaban J connectivity index is 2.41. The van der Waals surface area contributed by atoms with E-state index in [4.69, 9.17) is 10.5 Å². The summed E-state index contributed by atoms with van der Waals surface area (Å²) in [5.41, 5.74) is 6.22. The van der Waals surface area contributed by atoms with E-state index in [0.717, 1.165) is 5.69 Å². The largest absolute Gasteiger partial charge is 0.383 e. The predicted octanol–water partition coefficient (Wildman–Crippen LogP) is 0.782. The molecule has 0 aliphatic carbocycles. The van der Waals surface area contributed by atoms with Crippen molar-refractivity contribution in [2.24, 2.45) is 5.73 Å². The lowest BCUT2D eigenvalue weighted by Crippen LogP contribution is -2.45. The second-order valence-electron chi connectivity index (χ2n) is 3.35. The smallest absolute Gasteiger partial charge is 0.319 e. The zero-order valence-electron chi connectivity index (χ0n) is 9.27. The molecule has 0 heterocycles. The topological polar surface area (TPSA) is 76.4 Å². The molecular formula is C11H17N3O2. The van der Waals surface area contributed by atoms with Gasteiger partial charge in [0.25, 0.3) is 0 Å². The van der Waals surface area contributed by atoms with Gasteiger partial charge in [-0.1, -0.05) is 18.2 Å². The molecule has 0 saturated heterocycles. The number of benzene rings is 1. The van der Waals surface area contributed by atoms with Crippen molar-refractivity contribution >= 4 is 11.7 Å². The van der Waals surface area contributed by atoms with E-state index >= 15 is 0 Å². The Morgan fingerprint density at radius 2 is 2.12 bits per heavy atom. The van der Waals surface area contributed by atoms with Crippen molar-refractivity contribution in [3.05, 3.63) is 30.3 Å². The van der Waals surface area contributed by atoms with Crippen LogP contribution in [0, 0.1) is 0 Å². The number of ether oxygens (including phenoxy) is 1. The number of amides is 2. The van der Waals surface area contributed by atoms with Gasteiger partial charge in [-0.3, -0.25) is 0 Å². The molecule has 0 aromatic heterocycles. The van der Waals surface area contributed by atoms with E-state index in [1.165, 1.54) is 0 Å². The summed E-state index contributed by atoms with van der Waals surface area (Å²) in [5, 5.41) is 5.42. The van der Waals surface area contributed by atoms with Gasteiger partial charge in [-0.25, -0.2) is 4.79 Å². The summed E-state index contributed by atoms with van der Waals surface area (Å²) in [7, 11) is 1.57. The Bertz CT molecular complexity index is 316. The van der Waals surface area contributed by atoms with E-state index in [2.05, 4.69) is 10.6 Å². The van der Waals surface area contributed by atoms with Crippen molar-refractivity contribution in [3.8, 4) is 0 Å². The summed E-state index contributed by atoms with van der Waals surface area (Å²) in [5.74, 6) is 0. The van der Waals surface area contributed by atoms with Gasteiger partial charge >= 0.3 is 6.03 Å². The average molecular weight is 223 g/mol. The lowest BCUT2D eigenvalue weighted by molar-refractivity contribution is 0.169. The standard InChI is InChI=1S/C11H17N3O2/c1-16-8-10(7-12)14-11(15)13-9-5-3-2-4-6-9/h2-6,10H,7-8,12H2,1H3,(H2,13,14,15). The minimum atomic E-state index is -0.279. The number of methoxy groups -OCH3 is 1. The quantitative estimate of drug-likeness (QED) is 0.690. The van der Waals surface area contributed by atoms with Crippen LogP contribution in [-0.2, 0) is 4.74 Å². The van der Waals surface area contributed by atoms with Crippen LogP contribution < -0.4 is 16.4 Å². The Hall–Kier alpha value is -1.59. The van der Waals surface area contributed by atoms with Gasteiger partial charge in [-0.05, 0) is 12.1 Å². The van der Waals surface area contributed by atoms with Crippen molar-refractivity contribution in [1.29, 1.82) is 0 Å². The molecule has 5 nitrogen and oxygen atoms in total. The zero-order chi connectivity index (χ0) is 11.8. The number of carbonyl (C=O) groups excluding carboxylic acids is 1. The maximum absolute atomic E-state index is 11.5. The summed E-state index contributed by atoms with van der Waals surface area (Å²) in [4.78, 5) is 11.5. The van der Waals surface area contributed by atoms with Gasteiger partial charge in [0.15, 0.2) is 0 Å². The maximum Gasteiger partial charge on any atom is 0.319 e. The van der Waals surface area contributed by atoms with Crippen molar-refractivity contribution in [2.75, 3.05) is 25.6 Å². The lowest BCUT2D eigenvalue weighted by atomic mass is 10.3. The SMILES string of the molecule is COCC(CN)NC(=O)Nc1ccccc1. The van der Waals surface area contributed by atoms with E-state index in [9.17, 15) is 4.79 Å². The van der Waals surface area contributed by atoms with Crippen LogP contribution in [0.4, 0.5) is 10.5 Å². The molecule has 88 valence electrons. The number of hydrogen-bond donors (Lipinski definition) is 3. The van der Waals surface area contributed by atoms with Crippen LogP contribution in [0.25, 0.3) is 0 Å². The first-order valence-corrected chi connectivity index (χ1v) is 5.08. The summed E-state index contributed by atoms with van der Waals surface area (Å²) in [6.07, 6.45) is 0. The molecule has 2 amide bonds. The van der Waals surface area contributed by atoms with Crippen molar-refractivity contribution in [3.63, 3.8) is 0 Å². The van der Waals surface area contributed by atoms with Crippen LogP contribution in [0.2, 0.25) is 0 Å². The molecule has 5 heteroatoms. The molecule has 1 aromatic rings. The zero-order valence-corrected chi connectivity index (χ0v) is 9.27. The Morgan fingerprint density at radius 1 is 1.44 bits per heavy atom. The molecule has 0 radical (unpaired) electrons. The molecule has 4 N–H and O–H groups in total. The highest BCUT2D eigenvalue weighted by Crippen LogP contribution is 2.04. The van der Waals surface area contributed by atoms with Gasteiger partial charge < -0.3 is 21.1 Å². The molecule has 1 unspecified atom stereocenters. The molecule has 0 bridgehead atoms. The molecule has 0 saturated carbocycles. The first kappa shape index (κ1) is 12.5.